The van der Waals surface area contributed by atoms with Crippen molar-refractivity contribution in [1.29, 1.82) is 5.26 Å². The molecule has 5 rings (SSSR count). The summed E-state index contributed by atoms with van der Waals surface area (Å²) in [6.07, 6.45) is 0.226. The van der Waals surface area contributed by atoms with Crippen molar-refractivity contribution < 1.29 is 17.9 Å². The van der Waals surface area contributed by atoms with Crippen LogP contribution < -0.4 is 16.0 Å². The number of ether oxygens (including phenoxy) is 1. The molecule has 0 spiro atoms. The molecule has 12 heteroatoms. The van der Waals surface area contributed by atoms with Crippen LogP contribution in [0.4, 0.5) is 13.2 Å². The summed E-state index contributed by atoms with van der Waals surface area (Å²) in [7, 11) is 0. The van der Waals surface area contributed by atoms with Gasteiger partial charge >= 0.3 is 12.1 Å². The number of aromatic amines is 2. The van der Waals surface area contributed by atoms with Crippen LogP contribution >= 0.6 is 0 Å². The fourth-order valence-electron chi connectivity index (χ4n) is 3.93. The standard InChI is InChI=1S/C21H13F3N6O3/c22-21(23,24)33-17-2-1-10(5-11(17)8-25)12-6-13(12)14-7-16(29-30-4-3-26-18(14)30)15-9-27-20(32)28-19(15)31/h1-5,7,9,12-13H,6H2,(H2,27,28,31,32)/t12-,13+/m1/s1. The lowest BCUT2D eigenvalue weighted by molar-refractivity contribution is -0.274. The maximum absolute atomic E-state index is 12.6. The summed E-state index contributed by atoms with van der Waals surface area (Å²) < 4.78 is 43.1. The van der Waals surface area contributed by atoms with E-state index in [1.807, 2.05) is 0 Å². The normalized spacial score (nSPS) is 17.6. The molecule has 1 fully saturated rings. The second kappa shape index (κ2) is 7.33. The van der Waals surface area contributed by atoms with Crippen molar-refractivity contribution in [2.75, 3.05) is 0 Å². The average molecular weight is 454 g/mol. The third-order valence-corrected chi connectivity index (χ3v) is 5.45. The molecule has 0 radical (unpaired) electrons. The molecule has 1 aliphatic rings. The molecular weight excluding hydrogens is 441 g/mol. The van der Waals surface area contributed by atoms with Gasteiger partial charge in [0.1, 0.15) is 11.8 Å². The summed E-state index contributed by atoms with van der Waals surface area (Å²) in [5.41, 5.74) is 1.10. The molecule has 0 amide bonds. The van der Waals surface area contributed by atoms with E-state index in [1.54, 1.807) is 24.5 Å². The summed E-state index contributed by atoms with van der Waals surface area (Å²) in [6, 6.07) is 7.49. The molecule has 3 aromatic heterocycles. The number of aromatic nitrogens is 5. The maximum atomic E-state index is 12.6. The van der Waals surface area contributed by atoms with E-state index in [0.717, 1.165) is 11.6 Å². The van der Waals surface area contributed by atoms with Crippen molar-refractivity contribution in [2.45, 2.75) is 24.6 Å². The van der Waals surface area contributed by atoms with Crippen LogP contribution in [0, 0.1) is 11.3 Å². The minimum atomic E-state index is -4.89. The van der Waals surface area contributed by atoms with E-state index in [9.17, 15) is 28.0 Å². The first-order valence-electron chi connectivity index (χ1n) is 9.70. The van der Waals surface area contributed by atoms with E-state index >= 15 is 0 Å². The predicted molar refractivity (Wildman–Crippen MR) is 108 cm³/mol. The molecule has 0 saturated heterocycles. The van der Waals surface area contributed by atoms with Gasteiger partial charge in [-0.25, -0.2) is 14.3 Å². The van der Waals surface area contributed by atoms with Gasteiger partial charge in [0.05, 0.1) is 16.8 Å². The predicted octanol–water partition coefficient (Wildman–Crippen LogP) is 2.81. The number of nitriles is 1. The van der Waals surface area contributed by atoms with E-state index in [4.69, 9.17) is 0 Å². The number of hydrogen-bond acceptors (Lipinski definition) is 6. The molecule has 2 N–H and O–H groups in total. The van der Waals surface area contributed by atoms with E-state index in [2.05, 4.69) is 24.8 Å². The molecule has 166 valence electrons. The minimum absolute atomic E-state index is 0.0561. The highest BCUT2D eigenvalue weighted by Crippen LogP contribution is 2.56. The van der Waals surface area contributed by atoms with Gasteiger partial charge < -0.3 is 9.72 Å². The van der Waals surface area contributed by atoms with Gasteiger partial charge in [-0.1, -0.05) is 6.07 Å². The Hall–Kier alpha value is -4.40. The van der Waals surface area contributed by atoms with Crippen molar-refractivity contribution in [3.63, 3.8) is 0 Å². The lowest BCUT2D eigenvalue weighted by Gasteiger charge is -2.11. The fraction of sp³-hybridized carbons (Fsp3) is 0.190. The Morgan fingerprint density at radius 3 is 2.76 bits per heavy atom. The van der Waals surface area contributed by atoms with Crippen LogP contribution in [0.3, 0.4) is 0 Å². The molecule has 0 aliphatic heterocycles. The van der Waals surface area contributed by atoms with E-state index in [-0.39, 0.29) is 23.0 Å². The molecule has 0 bridgehead atoms. The first-order valence-corrected chi connectivity index (χ1v) is 9.70. The van der Waals surface area contributed by atoms with E-state index < -0.39 is 23.4 Å². The van der Waals surface area contributed by atoms with Crippen LogP contribution in [0.1, 0.15) is 34.9 Å². The Balaban J connectivity index is 1.52. The van der Waals surface area contributed by atoms with Crippen molar-refractivity contribution in [2.24, 2.45) is 0 Å². The van der Waals surface area contributed by atoms with Gasteiger partial charge in [0.25, 0.3) is 5.56 Å². The zero-order chi connectivity index (χ0) is 23.3. The topological polar surface area (TPSA) is 129 Å². The van der Waals surface area contributed by atoms with Crippen molar-refractivity contribution >= 4 is 5.65 Å². The lowest BCUT2D eigenvalue weighted by atomic mass is 10.0. The highest BCUT2D eigenvalue weighted by Gasteiger charge is 2.42. The molecular formula is C21H13F3N6O3. The zero-order valence-electron chi connectivity index (χ0n) is 16.6. The first-order chi connectivity index (χ1) is 15.7. The largest absolute Gasteiger partial charge is 0.573 e. The summed E-state index contributed by atoms with van der Waals surface area (Å²) >= 11 is 0. The number of benzene rings is 1. The smallest absolute Gasteiger partial charge is 0.404 e. The Bertz CT molecular complexity index is 1550. The highest BCUT2D eigenvalue weighted by molar-refractivity contribution is 5.64. The molecule has 0 unspecified atom stereocenters. The van der Waals surface area contributed by atoms with Gasteiger partial charge in [-0.3, -0.25) is 9.78 Å². The highest BCUT2D eigenvalue weighted by atomic mass is 19.4. The van der Waals surface area contributed by atoms with Gasteiger partial charge in [0, 0.05) is 24.2 Å². The number of H-pyrrole nitrogens is 2. The van der Waals surface area contributed by atoms with Crippen LogP contribution in [-0.2, 0) is 0 Å². The van der Waals surface area contributed by atoms with Crippen LogP contribution in [-0.4, -0.2) is 30.9 Å². The first kappa shape index (κ1) is 20.5. The number of alkyl halides is 3. The van der Waals surface area contributed by atoms with Crippen LogP contribution in [0.25, 0.3) is 16.9 Å². The molecule has 33 heavy (non-hydrogen) atoms. The fourth-order valence-corrected chi connectivity index (χ4v) is 3.93. The Labute approximate surface area is 182 Å². The maximum Gasteiger partial charge on any atom is 0.573 e. The van der Waals surface area contributed by atoms with Crippen LogP contribution in [0.5, 0.6) is 5.75 Å². The Kier molecular flexibility index (Phi) is 4.56. The SMILES string of the molecule is N#Cc1cc([C@H]2C[C@@H]2c2cc(-c3c[nH]c(=O)[nH]c3=O)nn3ccnc23)ccc1OC(F)(F)F. The Morgan fingerprint density at radius 1 is 1.21 bits per heavy atom. The molecule has 2 atom stereocenters. The van der Waals surface area contributed by atoms with Gasteiger partial charge in [0.2, 0.25) is 0 Å². The van der Waals surface area contributed by atoms with Gasteiger partial charge in [-0.2, -0.15) is 10.4 Å². The van der Waals surface area contributed by atoms with E-state index in [1.165, 1.54) is 22.8 Å². The molecule has 1 saturated carbocycles. The number of imidazole rings is 1. The third-order valence-electron chi connectivity index (χ3n) is 5.45. The molecule has 3 heterocycles. The minimum Gasteiger partial charge on any atom is -0.404 e. The number of halogens is 3. The van der Waals surface area contributed by atoms with E-state index in [0.29, 0.717) is 23.3 Å². The molecule has 9 nitrogen and oxygen atoms in total. The summed E-state index contributed by atoms with van der Waals surface area (Å²) in [5.74, 6) is -0.675. The van der Waals surface area contributed by atoms with Crippen molar-refractivity contribution in [3.05, 3.63) is 80.4 Å². The second-order valence-corrected chi connectivity index (χ2v) is 7.53. The zero-order valence-corrected chi connectivity index (χ0v) is 16.6. The number of fused-ring (bicyclic) bond motifs is 1. The van der Waals surface area contributed by atoms with Gasteiger partial charge in [-0.05, 0) is 42.0 Å². The quantitative estimate of drug-likeness (QED) is 0.488. The number of hydrogen-bond donors (Lipinski definition) is 2. The molecule has 1 aliphatic carbocycles. The summed E-state index contributed by atoms with van der Waals surface area (Å²) in [6.45, 7) is 0. The van der Waals surface area contributed by atoms with Crippen LogP contribution in [0.2, 0.25) is 0 Å². The van der Waals surface area contributed by atoms with Gasteiger partial charge in [-0.15, -0.1) is 13.2 Å². The number of nitrogens with zero attached hydrogens (tertiary/aromatic N) is 4. The van der Waals surface area contributed by atoms with Crippen molar-refractivity contribution in [1.82, 2.24) is 24.6 Å². The van der Waals surface area contributed by atoms with Crippen molar-refractivity contribution in [3.8, 4) is 23.1 Å². The Morgan fingerprint density at radius 2 is 2.03 bits per heavy atom. The second-order valence-electron chi connectivity index (χ2n) is 7.53. The number of rotatable bonds is 4. The van der Waals surface area contributed by atoms with Crippen LogP contribution in [0.15, 0.2) is 52.4 Å². The molecule has 4 aromatic rings. The third kappa shape index (κ3) is 3.84. The number of nitrogens with one attached hydrogen (secondary N) is 2. The lowest BCUT2D eigenvalue weighted by Crippen LogP contribution is -2.23. The average Bonchev–Trinajstić information content (AvgIpc) is 3.40. The molecule has 1 aromatic carbocycles. The monoisotopic (exact) mass is 454 g/mol. The summed E-state index contributed by atoms with van der Waals surface area (Å²) in [5, 5.41) is 13.7. The van der Waals surface area contributed by atoms with Gasteiger partial charge in [0.15, 0.2) is 5.65 Å². The summed E-state index contributed by atoms with van der Waals surface area (Å²) in [4.78, 5) is 32.5.